The molecule has 0 aliphatic heterocycles. The van der Waals surface area contributed by atoms with E-state index in [0.717, 1.165) is 4.52 Å². The van der Waals surface area contributed by atoms with Crippen molar-refractivity contribution in [2.75, 3.05) is 5.73 Å². The Labute approximate surface area is 79.5 Å². The number of pyridine rings is 1. The van der Waals surface area contributed by atoms with Crippen LogP contribution in [0.5, 0.6) is 0 Å². The number of fused-ring (bicyclic) bond motifs is 1. The number of halogens is 3. The van der Waals surface area contributed by atoms with Gasteiger partial charge < -0.3 is 5.73 Å². The quantitative estimate of drug-likeness (QED) is 0.766. The lowest BCUT2D eigenvalue weighted by atomic mass is 10.4. The molecule has 0 spiro atoms. The van der Waals surface area contributed by atoms with E-state index in [2.05, 4.69) is 26.0 Å². The molecule has 0 unspecified atom stereocenters. The van der Waals surface area contributed by atoms with Gasteiger partial charge in [0.05, 0.1) is 4.47 Å². The van der Waals surface area contributed by atoms with Crippen molar-refractivity contribution < 1.29 is 8.78 Å². The van der Waals surface area contributed by atoms with Crippen LogP contribution in [-0.4, -0.2) is 14.6 Å². The Bertz CT molecular complexity index is 481. The maximum Gasteiger partial charge on any atom is 0.240 e. The number of hydrogen-bond donors (Lipinski definition) is 1. The van der Waals surface area contributed by atoms with Gasteiger partial charge in [0.1, 0.15) is 0 Å². The van der Waals surface area contributed by atoms with Crippen LogP contribution in [0, 0.1) is 11.6 Å². The van der Waals surface area contributed by atoms with Gasteiger partial charge in [0.2, 0.25) is 11.8 Å². The number of nitrogens with two attached hydrogens (primary N) is 1. The van der Waals surface area contributed by atoms with Crippen LogP contribution in [0.4, 0.5) is 14.7 Å². The molecule has 0 saturated carbocycles. The van der Waals surface area contributed by atoms with Crippen molar-refractivity contribution in [3.05, 3.63) is 22.3 Å². The summed E-state index contributed by atoms with van der Waals surface area (Å²) >= 11 is 2.83. The van der Waals surface area contributed by atoms with Crippen LogP contribution in [0.25, 0.3) is 5.65 Å². The van der Waals surface area contributed by atoms with Gasteiger partial charge in [0, 0.05) is 6.20 Å². The molecular formula is C6H3BrF2N4. The maximum atomic E-state index is 13.1. The summed E-state index contributed by atoms with van der Waals surface area (Å²) in [6.45, 7) is 0. The zero-order chi connectivity index (χ0) is 9.59. The van der Waals surface area contributed by atoms with E-state index in [1.54, 1.807) is 0 Å². The predicted molar refractivity (Wildman–Crippen MR) is 45.0 cm³/mol. The fraction of sp³-hybridized carbons (Fsp3) is 0. The van der Waals surface area contributed by atoms with E-state index in [4.69, 9.17) is 5.73 Å². The van der Waals surface area contributed by atoms with Crippen LogP contribution in [0.1, 0.15) is 0 Å². The summed E-state index contributed by atoms with van der Waals surface area (Å²) in [5.41, 5.74) is 4.99. The molecule has 0 aromatic carbocycles. The fourth-order valence-electron chi connectivity index (χ4n) is 0.947. The van der Waals surface area contributed by atoms with E-state index < -0.39 is 11.6 Å². The molecule has 0 bridgehead atoms. The van der Waals surface area contributed by atoms with Gasteiger partial charge in [-0.25, -0.2) is 8.91 Å². The molecule has 2 rings (SSSR count). The summed E-state index contributed by atoms with van der Waals surface area (Å²) in [5, 5.41) is 3.62. The molecule has 0 fully saturated rings. The maximum absolute atomic E-state index is 13.1. The number of rotatable bonds is 0. The first-order valence-electron chi connectivity index (χ1n) is 3.25. The Kier molecular flexibility index (Phi) is 1.69. The first-order chi connectivity index (χ1) is 6.09. The summed E-state index contributed by atoms with van der Waals surface area (Å²) in [6, 6.07) is 0. The second-order valence-corrected chi connectivity index (χ2v) is 3.20. The van der Waals surface area contributed by atoms with E-state index in [9.17, 15) is 8.78 Å². The normalized spacial score (nSPS) is 11.0. The van der Waals surface area contributed by atoms with Crippen LogP contribution < -0.4 is 5.73 Å². The van der Waals surface area contributed by atoms with Crippen molar-refractivity contribution in [3.8, 4) is 0 Å². The van der Waals surface area contributed by atoms with E-state index in [1.165, 1.54) is 6.20 Å². The molecule has 13 heavy (non-hydrogen) atoms. The average molecular weight is 249 g/mol. The second kappa shape index (κ2) is 2.63. The Balaban J connectivity index is 2.92. The highest BCUT2D eigenvalue weighted by molar-refractivity contribution is 9.10. The monoisotopic (exact) mass is 248 g/mol. The third-order valence-corrected chi connectivity index (χ3v) is 2.03. The minimum atomic E-state index is -1.07. The molecule has 2 aromatic rings. The highest BCUT2D eigenvalue weighted by Crippen LogP contribution is 2.20. The summed E-state index contributed by atoms with van der Waals surface area (Å²) in [6.07, 6.45) is 1.25. The summed E-state index contributed by atoms with van der Waals surface area (Å²) in [5.74, 6) is -2.17. The van der Waals surface area contributed by atoms with Crippen LogP contribution in [0.2, 0.25) is 0 Å². The van der Waals surface area contributed by atoms with Gasteiger partial charge in [-0.15, -0.1) is 5.10 Å². The van der Waals surface area contributed by atoms with E-state index in [-0.39, 0.29) is 16.1 Å². The molecule has 0 saturated heterocycles. The topological polar surface area (TPSA) is 56.2 Å². The first kappa shape index (κ1) is 8.36. The third-order valence-electron chi connectivity index (χ3n) is 1.48. The largest absolute Gasteiger partial charge is 0.366 e. The van der Waals surface area contributed by atoms with Crippen molar-refractivity contribution in [2.45, 2.75) is 0 Å². The van der Waals surface area contributed by atoms with Gasteiger partial charge in [0.25, 0.3) is 0 Å². The number of nitrogen functional groups attached to an aromatic ring is 1. The molecule has 68 valence electrons. The van der Waals surface area contributed by atoms with Gasteiger partial charge in [-0.1, -0.05) is 0 Å². The molecule has 0 amide bonds. The van der Waals surface area contributed by atoms with E-state index in [1.807, 2.05) is 0 Å². The standard InChI is InChI=1S/C6H3BrF2N4/c7-2-1-13-5(4(9)3(2)8)11-6(10)12-13/h1H,(H2,10,12). The van der Waals surface area contributed by atoms with E-state index in [0.29, 0.717) is 0 Å². The highest BCUT2D eigenvalue weighted by atomic mass is 79.9. The Morgan fingerprint density at radius 1 is 1.38 bits per heavy atom. The zero-order valence-corrected chi connectivity index (χ0v) is 7.72. The Morgan fingerprint density at radius 3 is 2.77 bits per heavy atom. The van der Waals surface area contributed by atoms with Crippen LogP contribution in [0.3, 0.4) is 0 Å². The van der Waals surface area contributed by atoms with Crippen molar-refractivity contribution in [1.29, 1.82) is 0 Å². The summed E-state index contributed by atoms with van der Waals surface area (Å²) < 4.78 is 27.1. The van der Waals surface area contributed by atoms with Crippen molar-refractivity contribution in [3.63, 3.8) is 0 Å². The molecular weight excluding hydrogens is 246 g/mol. The smallest absolute Gasteiger partial charge is 0.240 e. The molecule has 2 heterocycles. The molecule has 0 aliphatic rings. The molecule has 0 atom stereocenters. The summed E-state index contributed by atoms with van der Waals surface area (Å²) in [4.78, 5) is 3.51. The van der Waals surface area contributed by atoms with Gasteiger partial charge in [-0.3, -0.25) is 0 Å². The minimum absolute atomic E-state index is 0.0256. The van der Waals surface area contributed by atoms with Crippen molar-refractivity contribution in [2.24, 2.45) is 0 Å². The zero-order valence-electron chi connectivity index (χ0n) is 6.13. The predicted octanol–water partition coefficient (Wildman–Crippen LogP) is 1.35. The number of hydrogen-bond acceptors (Lipinski definition) is 3. The third kappa shape index (κ3) is 1.15. The van der Waals surface area contributed by atoms with Gasteiger partial charge in [0.15, 0.2) is 11.5 Å². The lowest BCUT2D eigenvalue weighted by Gasteiger charge is -1.96. The molecule has 2 N–H and O–H groups in total. The van der Waals surface area contributed by atoms with Gasteiger partial charge in [-0.05, 0) is 15.9 Å². The number of anilines is 1. The van der Waals surface area contributed by atoms with Crippen LogP contribution >= 0.6 is 15.9 Å². The lowest BCUT2D eigenvalue weighted by Crippen LogP contribution is -1.95. The van der Waals surface area contributed by atoms with Crippen LogP contribution in [0.15, 0.2) is 10.7 Å². The second-order valence-electron chi connectivity index (χ2n) is 2.34. The number of nitrogens with zero attached hydrogens (tertiary/aromatic N) is 3. The van der Waals surface area contributed by atoms with Gasteiger partial charge >= 0.3 is 0 Å². The van der Waals surface area contributed by atoms with Gasteiger partial charge in [-0.2, -0.15) is 9.37 Å². The molecule has 0 aliphatic carbocycles. The Morgan fingerprint density at radius 2 is 2.08 bits per heavy atom. The molecule has 4 nitrogen and oxygen atoms in total. The van der Waals surface area contributed by atoms with Crippen molar-refractivity contribution >= 4 is 27.5 Å². The average Bonchev–Trinajstić information content (AvgIpc) is 2.42. The number of aromatic nitrogens is 3. The molecule has 0 radical (unpaired) electrons. The van der Waals surface area contributed by atoms with Crippen molar-refractivity contribution in [1.82, 2.24) is 14.6 Å². The summed E-state index contributed by atoms with van der Waals surface area (Å²) in [7, 11) is 0. The first-order valence-corrected chi connectivity index (χ1v) is 4.04. The SMILES string of the molecule is Nc1nc2c(F)c(F)c(Br)cn2n1. The van der Waals surface area contributed by atoms with E-state index >= 15 is 0 Å². The molecule has 7 heteroatoms. The molecule has 2 aromatic heterocycles. The lowest BCUT2D eigenvalue weighted by molar-refractivity contribution is 0.503. The highest BCUT2D eigenvalue weighted by Gasteiger charge is 2.14. The fourth-order valence-corrected chi connectivity index (χ4v) is 1.31. The Hall–Kier alpha value is -1.24. The van der Waals surface area contributed by atoms with Crippen LogP contribution in [-0.2, 0) is 0 Å². The minimum Gasteiger partial charge on any atom is -0.366 e.